The summed E-state index contributed by atoms with van der Waals surface area (Å²) < 4.78 is 144. The average molecular weight is 444 g/mol. The third-order valence-corrected chi connectivity index (χ3v) is 4.89. The molecule has 0 atom stereocenters. The molecule has 0 N–H and O–H groups in total. The lowest BCUT2D eigenvalue weighted by molar-refractivity contribution is 0.159. The Morgan fingerprint density at radius 3 is 1.10 bits per heavy atom. The third-order valence-electron chi connectivity index (χ3n) is 4.89. The topological polar surface area (TPSA) is 9.23 Å². The molecule has 3 rings (SSSR count). The molecule has 1 fully saturated rings. The molecule has 0 amide bonds. The first-order valence-corrected chi connectivity index (χ1v) is 8.76. The van der Waals surface area contributed by atoms with Crippen molar-refractivity contribution in [3.63, 3.8) is 0 Å². The van der Waals surface area contributed by atoms with Crippen LogP contribution in [0.5, 0.6) is 0 Å². The Hall–Kier alpha value is -2.24. The van der Waals surface area contributed by atoms with E-state index in [1.54, 1.807) is 0 Å². The van der Waals surface area contributed by atoms with Crippen molar-refractivity contribution in [2.75, 3.05) is 0 Å². The second kappa shape index (κ2) is 8.48. The summed E-state index contributed by atoms with van der Waals surface area (Å²) in [5.41, 5.74) is -3.69. The first-order valence-electron chi connectivity index (χ1n) is 8.76. The Balaban J connectivity index is 2.30. The fraction of sp³-hybridized carbons (Fsp3) is 0.333. The lowest BCUT2D eigenvalue weighted by Gasteiger charge is -2.27. The number of benzene rings is 2. The second-order valence-electron chi connectivity index (χ2n) is 6.74. The molecular weight excluding hydrogens is 433 g/mol. The van der Waals surface area contributed by atoms with E-state index >= 15 is 0 Å². The Morgan fingerprint density at radius 1 is 0.467 bits per heavy atom. The summed E-state index contributed by atoms with van der Waals surface area (Å²) in [7, 11) is 0. The van der Waals surface area contributed by atoms with Crippen LogP contribution in [-0.4, -0.2) is 13.0 Å². The van der Waals surface area contributed by atoms with Gasteiger partial charge in [-0.2, -0.15) is 0 Å². The van der Waals surface area contributed by atoms with Crippen LogP contribution in [0.1, 0.15) is 32.1 Å². The van der Waals surface area contributed by atoms with Crippen LogP contribution in [0.25, 0.3) is 0 Å². The minimum absolute atomic E-state index is 0.182. The van der Waals surface area contributed by atoms with E-state index in [1.807, 2.05) is 0 Å². The smallest absolute Gasteiger partial charge is 0.374 e. The molecule has 162 valence electrons. The maximum Gasteiger partial charge on any atom is 0.374 e. The van der Waals surface area contributed by atoms with Gasteiger partial charge in [-0.3, -0.25) is 0 Å². The molecule has 0 radical (unpaired) electrons. The van der Waals surface area contributed by atoms with Crippen LogP contribution in [0, 0.1) is 58.2 Å². The van der Waals surface area contributed by atoms with Gasteiger partial charge in [-0.25, -0.2) is 43.9 Å². The van der Waals surface area contributed by atoms with Crippen LogP contribution in [0.2, 0.25) is 0 Å². The van der Waals surface area contributed by atoms with Crippen LogP contribution in [0.4, 0.5) is 43.9 Å². The molecule has 0 heterocycles. The van der Waals surface area contributed by atoms with Gasteiger partial charge in [-0.15, -0.1) is 0 Å². The van der Waals surface area contributed by atoms with E-state index in [9.17, 15) is 43.9 Å². The normalized spacial score (nSPS) is 15.0. The number of hydrogen-bond acceptors (Lipinski definition) is 1. The van der Waals surface area contributed by atoms with Gasteiger partial charge in [0.25, 0.3) is 0 Å². The zero-order chi connectivity index (χ0) is 22.3. The highest BCUT2D eigenvalue weighted by atomic mass is 19.2. The van der Waals surface area contributed by atoms with E-state index in [1.165, 1.54) is 0 Å². The molecular formula is C18H11BF10O. The van der Waals surface area contributed by atoms with Crippen LogP contribution in [0.3, 0.4) is 0 Å². The fourth-order valence-corrected chi connectivity index (χ4v) is 3.38. The van der Waals surface area contributed by atoms with Crippen molar-refractivity contribution >= 4 is 17.8 Å². The van der Waals surface area contributed by atoms with Crippen molar-refractivity contribution in [2.24, 2.45) is 0 Å². The second-order valence-corrected chi connectivity index (χ2v) is 6.74. The molecule has 1 nitrogen and oxygen atoms in total. The van der Waals surface area contributed by atoms with E-state index in [0.29, 0.717) is 12.8 Å². The van der Waals surface area contributed by atoms with Gasteiger partial charge < -0.3 is 4.65 Å². The molecule has 1 aliphatic carbocycles. The zero-order valence-electron chi connectivity index (χ0n) is 14.9. The highest BCUT2D eigenvalue weighted by Crippen LogP contribution is 2.25. The van der Waals surface area contributed by atoms with Crippen LogP contribution < -0.4 is 10.9 Å². The minimum Gasteiger partial charge on any atom is -0.424 e. The Labute approximate surface area is 163 Å². The van der Waals surface area contributed by atoms with Crippen molar-refractivity contribution in [1.29, 1.82) is 0 Å². The van der Waals surface area contributed by atoms with Gasteiger partial charge in [0, 0.05) is 17.0 Å². The maximum absolute atomic E-state index is 14.3. The Morgan fingerprint density at radius 2 is 0.767 bits per heavy atom. The van der Waals surface area contributed by atoms with Crippen LogP contribution >= 0.6 is 0 Å². The standard InChI is InChI=1S/C18H11BF10O/c20-9-7(10(21)14(25)17(28)13(9)24)19(30-6-4-2-1-3-5-6)8-11(22)15(26)18(29)16(27)12(8)23/h6H,1-5H2. The molecule has 0 bridgehead atoms. The van der Waals surface area contributed by atoms with E-state index in [2.05, 4.69) is 0 Å². The molecule has 0 aromatic heterocycles. The van der Waals surface area contributed by atoms with Crippen molar-refractivity contribution in [3.05, 3.63) is 58.2 Å². The Bertz CT molecular complexity index is 862. The first kappa shape index (κ1) is 22.5. The van der Waals surface area contributed by atoms with Crippen LogP contribution in [0.15, 0.2) is 0 Å². The molecule has 0 saturated heterocycles. The van der Waals surface area contributed by atoms with Gasteiger partial charge >= 0.3 is 6.92 Å². The van der Waals surface area contributed by atoms with Crippen LogP contribution in [-0.2, 0) is 4.65 Å². The zero-order valence-corrected chi connectivity index (χ0v) is 14.9. The molecule has 12 heteroatoms. The molecule has 2 aromatic rings. The van der Waals surface area contributed by atoms with E-state index in [-0.39, 0.29) is 12.8 Å². The van der Waals surface area contributed by atoms with Gasteiger partial charge in [0.15, 0.2) is 58.2 Å². The molecule has 0 aliphatic heterocycles. The van der Waals surface area contributed by atoms with E-state index in [0.717, 1.165) is 6.42 Å². The monoisotopic (exact) mass is 444 g/mol. The van der Waals surface area contributed by atoms with Gasteiger partial charge in [-0.1, -0.05) is 19.3 Å². The predicted molar refractivity (Wildman–Crippen MR) is 85.4 cm³/mol. The van der Waals surface area contributed by atoms with Crippen molar-refractivity contribution in [2.45, 2.75) is 38.2 Å². The minimum atomic E-state index is -2.78. The summed E-state index contributed by atoms with van der Waals surface area (Å²) >= 11 is 0. The summed E-state index contributed by atoms with van der Waals surface area (Å²) in [5, 5.41) is 0. The molecule has 1 saturated carbocycles. The SMILES string of the molecule is Fc1c(F)c(F)c(B(OC2CCCCC2)c2c(F)c(F)c(F)c(F)c2F)c(F)c1F. The number of halogens is 10. The fourth-order valence-electron chi connectivity index (χ4n) is 3.38. The summed E-state index contributed by atoms with van der Waals surface area (Å²) in [6.07, 6.45) is 1.11. The lowest BCUT2D eigenvalue weighted by Crippen LogP contribution is -2.54. The van der Waals surface area contributed by atoms with Crippen molar-refractivity contribution < 1.29 is 48.6 Å². The highest BCUT2D eigenvalue weighted by Gasteiger charge is 2.42. The van der Waals surface area contributed by atoms with Gasteiger partial charge in [0.05, 0.1) is 0 Å². The summed E-state index contributed by atoms with van der Waals surface area (Å²) in [6, 6.07) is 0. The van der Waals surface area contributed by atoms with Crippen molar-refractivity contribution in [3.8, 4) is 0 Å². The summed E-state index contributed by atoms with van der Waals surface area (Å²) in [6.45, 7) is -2.78. The molecule has 1 aliphatic rings. The quantitative estimate of drug-likeness (QED) is 0.292. The Kier molecular flexibility index (Phi) is 6.35. The molecule has 0 unspecified atom stereocenters. The predicted octanol–water partition coefficient (Wildman–Crippen LogP) is 4.53. The largest absolute Gasteiger partial charge is 0.424 e. The lowest BCUT2D eigenvalue weighted by atomic mass is 9.54. The number of rotatable bonds is 4. The van der Waals surface area contributed by atoms with Gasteiger partial charge in [-0.05, 0) is 12.8 Å². The van der Waals surface area contributed by atoms with E-state index in [4.69, 9.17) is 4.65 Å². The highest BCUT2D eigenvalue weighted by molar-refractivity contribution is 6.80. The van der Waals surface area contributed by atoms with Crippen molar-refractivity contribution in [1.82, 2.24) is 0 Å². The van der Waals surface area contributed by atoms with Gasteiger partial charge in [0.1, 0.15) is 0 Å². The van der Waals surface area contributed by atoms with E-state index < -0.39 is 82.1 Å². The molecule has 2 aromatic carbocycles. The summed E-state index contributed by atoms with van der Waals surface area (Å²) in [4.78, 5) is 0. The number of hydrogen-bond donors (Lipinski definition) is 0. The molecule has 30 heavy (non-hydrogen) atoms. The summed E-state index contributed by atoms with van der Waals surface area (Å²) in [5.74, 6) is -24.9. The molecule has 0 spiro atoms. The van der Waals surface area contributed by atoms with Gasteiger partial charge in [0.2, 0.25) is 0 Å². The third kappa shape index (κ3) is 3.65. The maximum atomic E-state index is 14.3. The first-order chi connectivity index (χ1) is 14.1. The average Bonchev–Trinajstić information content (AvgIpc) is 2.74.